The highest BCUT2D eigenvalue weighted by Crippen LogP contribution is 2.35. The van der Waals surface area contributed by atoms with Crippen molar-refractivity contribution in [2.75, 3.05) is 18.8 Å². The van der Waals surface area contributed by atoms with Gasteiger partial charge in [0.2, 0.25) is 5.91 Å². The van der Waals surface area contributed by atoms with Gasteiger partial charge in [0.05, 0.1) is 34.2 Å². The van der Waals surface area contributed by atoms with Gasteiger partial charge in [0.15, 0.2) is 5.16 Å². The molecule has 0 spiro atoms. The molecule has 0 bridgehead atoms. The predicted molar refractivity (Wildman–Crippen MR) is 121 cm³/mol. The van der Waals surface area contributed by atoms with Crippen LogP contribution in [0.3, 0.4) is 0 Å². The molecule has 0 N–H and O–H groups in total. The quantitative estimate of drug-likeness (QED) is 0.532. The molecule has 4 rings (SSSR count). The summed E-state index contributed by atoms with van der Waals surface area (Å²) in [6.45, 7) is 9.29. The van der Waals surface area contributed by atoms with E-state index in [4.69, 9.17) is 9.72 Å². The van der Waals surface area contributed by atoms with E-state index < -0.39 is 0 Å². The number of carbonyl (C=O) groups is 1. The van der Waals surface area contributed by atoms with E-state index in [0.717, 1.165) is 28.3 Å². The van der Waals surface area contributed by atoms with Gasteiger partial charge in [0.25, 0.3) is 5.56 Å². The van der Waals surface area contributed by atoms with E-state index in [0.29, 0.717) is 23.5 Å². The van der Waals surface area contributed by atoms with Gasteiger partial charge >= 0.3 is 0 Å². The van der Waals surface area contributed by atoms with Crippen LogP contribution in [-0.4, -0.2) is 56.7 Å². The number of amides is 1. The monoisotopic (exact) mass is 445 g/mol. The zero-order chi connectivity index (χ0) is 21.4. The van der Waals surface area contributed by atoms with Crippen LogP contribution in [0, 0.1) is 6.92 Å². The summed E-state index contributed by atoms with van der Waals surface area (Å²) in [6, 6.07) is 7.85. The summed E-state index contributed by atoms with van der Waals surface area (Å²) in [5.74, 6) is 0.300. The van der Waals surface area contributed by atoms with Gasteiger partial charge in [0, 0.05) is 24.8 Å². The SMILES string of the molecule is Cc1ccc(-n2c(SCC(=O)N3CC(C)OC(C)C3)nc3c(c2=O)SC(C)C3)cc1. The number of benzene rings is 1. The van der Waals surface area contributed by atoms with Crippen LogP contribution >= 0.6 is 23.5 Å². The number of aromatic nitrogens is 2. The number of carbonyl (C=O) groups excluding carboxylic acids is 1. The van der Waals surface area contributed by atoms with Crippen molar-refractivity contribution in [2.45, 2.75) is 61.6 Å². The molecular weight excluding hydrogens is 418 g/mol. The van der Waals surface area contributed by atoms with E-state index in [1.54, 1.807) is 16.3 Å². The lowest BCUT2D eigenvalue weighted by molar-refractivity contribution is -0.140. The zero-order valence-electron chi connectivity index (χ0n) is 17.8. The fourth-order valence-corrected chi connectivity index (χ4v) is 5.95. The highest BCUT2D eigenvalue weighted by atomic mass is 32.2. The minimum Gasteiger partial charge on any atom is -0.372 e. The first-order chi connectivity index (χ1) is 14.3. The third-order valence-corrected chi connectivity index (χ3v) is 7.41. The second kappa shape index (κ2) is 8.77. The minimum atomic E-state index is -0.0400. The van der Waals surface area contributed by atoms with Crippen molar-refractivity contribution in [2.24, 2.45) is 0 Å². The van der Waals surface area contributed by atoms with Crippen molar-refractivity contribution in [1.82, 2.24) is 14.5 Å². The molecule has 1 aromatic heterocycles. The van der Waals surface area contributed by atoms with E-state index in [9.17, 15) is 9.59 Å². The molecule has 1 amide bonds. The number of aryl methyl sites for hydroxylation is 1. The van der Waals surface area contributed by atoms with E-state index in [1.165, 1.54) is 11.8 Å². The highest BCUT2D eigenvalue weighted by molar-refractivity contribution is 8.00. The van der Waals surface area contributed by atoms with Gasteiger partial charge in [0.1, 0.15) is 0 Å². The molecule has 3 unspecified atom stereocenters. The summed E-state index contributed by atoms with van der Waals surface area (Å²) in [5, 5.41) is 0.921. The largest absolute Gasteiger partial charge is 0.372 e. The van der Waals surface area contributed by atoms with Crippen molar-refractivity contribution in [3.8, 4) is 5.69 Å². The summed E-state index contributed by atoms with van der Waals surface area (Å²) in [6.07, 6.45) is 0.847. The van der Waals surface area contributed by atoms with Crippen LogP contribution in [-0.2, 0) is 16.0 Å². The smallest absolute Gasteiger partial charge is 0.272 e. The van der Waals surface area contributed by atoms with Gasteiger partial charge in [-0.15, -0.1) is 11.8 Å². The first-order valence-corrected chi connectivity index (χ1v) is 12.1. The lowest BCUT2D eigenvalue weighted by Crippen LogP contribution is -2.48. The molecule has 0 radical (unpaired) electrons. The fraction of sp³-hybridized carbons (Fsp3) is 0.500. The Bertz CT molecular complexity index is 996. The average Bonchev–Trinajstić information content (AvgIpc) is 3.07. The molecule has 2 aliphatic rings. The number of hydrogen-bond donors (Lipinski definition) is 0. The molecule has 6 nitrogen and oxygen atoms in total. The van der Waals surface area contributed by atoms with Gasteiger partial charge in [-0.2, -0.15) is 0 Å². The summed E-state index contributed by atoms with van der Waals surface area (Å²) < 4.78 is 7.39. The van der Waals surface area contributed by atoms with E-state index in [1.807, 2.05) is 49.9 Å². The van der Waals surface area contributed by atoms with Crippen molar-refractivity contribution in [3.05, 3.63) is 45.9 Å². The van der Waals surface area contributed by atoms with Gasteiger partial charge < -0.3 is 9.64 Å². The number of nitrogens with zero attached hydrogens (tertiary/aromatic N) is 3. The molecule has 2 aromatic rings. The van der Waals surface area contributed by atoms with Crippen LogP contribution in [0.4, 0.5) is 0 Å². The Morgan fingerprint density at radius 1 is 1.20 bits per heavy atom. The van der Waals surface area contributed by atoms with Crippen molar-refractivity contribution in [1.29, 1.82) is 0 Å². The standard InChI is InChI=1S/C22H27N3O3S2/c1-13-5-7-17(8-6-13)25-21(27)20-18(9-16(4)30-20)23-22(25)29-12-19(26)24-10-14(2)28-15(3)11-24/h5-8,14-16H,9-12H2,1-4H3. The Labute approximate surface area is 185 Å². The molecule has 2 aliphatic heterocycles. The Balaban J connectivity index is 1.63. The minimum absolute atomic E-state index is 0.0325. The lowest BCUT2D eigenvalue weighted by Gasteiger charge is -2.35. The molecule has 1 saturated heterocycles. The molecular formula is C22H27N3O3S2. The second-order valence-electron chi connectivity index (χ2n) is 8.12. The maximum Gasteiger partial charge on any atom is 0.272 e. The third-order valence-electron chi connectivity index (χ3n) is 5.27. The number of ether oxygens (including phenoxy) is 1. The fourth-order valence-electron chi connectivity index (χ4n) is 3.92. The van der Waals surface area contributed by atoms with Crippen LogP contribution in [0.15, 0.2) is 39.1 Å². The first-order valence-electron chi connectivity index (χ1n) is 10.3. The molecule has 8 heteroatoms. The van der Waals surface area contributed by atoms with E-state index in [2.05, 4.69) is 6.92 Å². The molecule has 0 aliphatic carbocycles. The third kappa shape index (κ3) is 4.45. The maximum atomic E-state index is 13.3. The molecule has 1 fully saturated rings. The van der Waals surface area contributed by atoms with Crippen LogP contribution in [0.2, 0.25) is 0 Å². The highest BCUT2D eigenvalue weighted by Gasteiger charge is 2.29. The Hall–Kier alpha value is -1.77. The van der Waals surface area contributed by atoms with Crippen LogP contribution in [0.5, 0.6) is 0 Å². The summed E-state index contributed by atoms with van der Waals surface area (Å²) >= 11 is 2.93. The van der Waals surface area contributed by atoms with Crippen molar-refractivity contribution < 1.29 is 9.53 Å². The summed E-state index contributed by atoms with van der Waals surface area (Å²) in [7, 11) is 0. The zero-order valence-corrected chi connectivity index (χ0v) is 19.4. The topological polar surface area (TPSA) is 64.4 Å². The number of morpholine rings is 1. The van der Waals surface area contributed by atoms with Gasteiger partial charge in [-0.1, -0.05) is 36.4 Å². The van der Waals surface area contributed by atoms with Gasteiger partial charge in [-0.3, -0.25) is 14.2 Å². The van der Waals surface area contributed by atoms with Crippen LogP contribution < -0.4 is 5.56 Å². The van der Waals surface area contributed by atoms with E-state index >= 15 is 0 Å². The lowest BCUT2D eigenvalue weighted by atomic mass is 10.2. The molecule has 3 heterocycles. The predicted octanol–water partition coefficient (Wildman–Crippen LogP) is 3.31. The number of thioether (sulfide) groups is 2. The molecule has 1 aromatic carbocycles. The van der Waals surface area contributed by atoms with Crippen molar-refractivity contribution in [3.63, 3.8) is 0 Å². The molecule has 3 atom stereocenters. The Kier molecular flexibility index (Phi) is 6.27. The normalized spacial score (nSPS) is 23.5. The van der Waals surface area contributed by atoms with Crippen LogP contribution in [0.25, 0.3) is 5.69 Å². The number of fused-ring (bicyclic) bond motifs is 1. The second-order valence-corrected chi connectivity index (χ2v) is 10.5. The average molecular weight is 446 g/mol. The first kappa shape index (κ1) is 21.5. The molecule has 30 heavy (non-hydrogen) atoms. The molecule has 0 saturated carbocycles. The van der Waals surface area contributed by atoms with Gasteiger partial charge in [-0.25, -0.2) is 4.98 Å². The molecule has 160 valence electrons. The number of rotatable bonds is 4. The maximum absolute atomic E-state index is 13.3. The van der Waals surface area contributed by atoms with Crippen LogP contribution in [0.1, 0.15) is 32.0 Å². The van der Waals surface area contributed by atoms with Gasteiger partial charge in [-0.05, 0) is 32.9 Å². The van der Waals surface area contributed by atoms with E-state index in [-0.39, 0.29) is 29.4 Å². The summed E-state index contributed by atoms with van der Waals surface area (Å²) in [4.78, 5) is 33.6. The van der Waals surface area contributed by atoms with Crippen molar-refractivity contribution >= 4 is 29.4 Å². The Morgan fingerprint density at radius 2 is 1.87 bits per heavy atom. The summed E-state index contributed by atoms with van der Waals surface area (Å²) in [5.41, 5.74) is 2.72. The Morgan fingerprint density at radius 3 is 2.53 bits per heavy atom. The number of hydrogen-bond acceptors (Lipinski definition) is 6.